The Bertz CT molecular complexity index is 964. The number of benzene rings is 1. The molecule has 1 amide bonds. The molecule has 0 saturated heterocycles. The number of nitrogens with one attached hydrogen (secondary N) is 1. The SMILES string of the molecule is COc1ccc(C)cc1CCNC(=O)CCc1c(C)nc2ncnn2c1C. The van der Waals surface area contributed by atoms with E-state index in [9.17, 15) is 4.79 Å². The molecule has 0 radical (unpaired) electrons. The number of aryl methyl sites for hydroxylation is 3. The number of hydrogen-bond acceptors (Lipinski definition) is 5. The second kappa shape index (κ2) is 8.16. The highest BCUT2D eigenvalue weighted by atomic mass is 16.5. The van der Waals surface area contributed by atoms with Crippen LogP contribution in [0.15, 0.2) is 24.5 Å². The molecule has 3 rings (SSSR count). The molecule has 0 bridgehead atoms. The van der Waals surface area contributed by atoms with Crippen molar-refractivity contribution in [2.24, 2.45) is 0 Å². The molecular weight excluding hydrogens is 342 g/mol. The number of carbonyl (C=O) groups is 1. The van der Waals surface area contributed by atoms with Gasteiger partial charge in [-0.3, -0.25) is 4.79 Å². The number of ether oxygens (including phenoxy) is 1. The van der Waals surface area contributed by atoms with Gasteiger partial charge in [0.1, 0.15) is 12.1 Å². The van der Waals surface area contributed by atoms with Crippen molar-refractivity contribution in [2.75, 3.05) is 13.7 Å². The summed E-state index contributed by atoms with van der Waals surface area (Å²) in [5, 5.41) is 7.18. The van der Waals surface area contributed by atoms with Crippen LogP contribution in [-0.2, 0) is 17.6 Å². The van der Waals surface area contributed by atoms with Gasteiger partial charge in [-0.15, -0.1) is 0 Å². The van der Waals surface area contributed by atoms with Gasteiger partial charge in [-0.05, 0) is 50.8 Å². The zero-order chi connectivity index (χ0) is 19.4. The van der Waals surface area contributed by atoms with Crippen molar-refractivity contribution < 1.29 is 9.53 Å². The monoisotopic (exact) mass is 367 g/mol. The Hall–Kier alpha value is -2.96. The summed E-state index contributed by atoms with van der Waals surface area (Å²) in [7, 11) is 1.66. The normalized spacial score (nSPS) is 11.0. The molecule has 142 valence electrons. The Morgan fingerprint density at radius 2 is 2.04 bits per heavy atom. The van der Waals surface area contributed by atoms with Crippen molar-refractivity contribution >= 4 is 11.7 Å². The van der Waals surface area contributed by atoms with Gasteiger partial charge in [0.05, 0.1) is 7.11 Å². The van der Waals surface area contributed by atoms with Gasteiger partial charge in [0.2, 0.25) is 5.91 Å². The van der Waals surface area contributed by atoms with Gasteiger partial charge in [-0.25, -0.2) is 9.50 Å². The number of carbonyl (C=O) groups excluding carboxylic acids is 1. The van der Waals surface area contributed by atoms with Gasteiger partial charge in [0, 0.05) is 24.4 Å². The van der Waals surface area contributed by atoms with Crippen LogP contribution in [0, 0.1) is 20.8 Å². The third kappa shape index (κ3) is 4.24. The van der Waals surface area contributed by atoms with E-state index in [1.165, 1.54) is 11.9 Å². The molecule has 2 heterocycles. The van der Waals surface area contributed by atoms with E-state index >= 15 is 0 Å². The standard InChI is InChI=1S/C20H25N5O2/c1-13-5-7-18(27-4)16(11-13)9-10-21-19(26)8-6-17-14(2)24-20-22-12-23-25(20)15(17)3/h5,7,11-12H,6,8-10H2,1-4H3,(H,21,26). The first kappa shape index (κ1) is 18.8. The van der Waals surface area contributed by atoms with Crippen LogP contribution in [0.5, 0.6) is 5.75 Å². The van der Waals surface area contributed by atoms with Gasteiger partial charge in [-0.2, -0.15) is 10.1 Å². The zero-order valence-corrected chi connectivity index (χ0v) is 16.2. The van der Waals surface area contributed by atoms with Crippen molar-refractivity contribution in [3.8, 4) is 5.75 Å². The first-order valence-corrected chi connectivity index (χ1v) is 9.05. The minimum atomic E-state index is 0.0270. The molecule has 7 nitrogen and oxygen atoms in total. The third-order valence-corrected chi connectivity index (χ3v) is 4.74. The van der Waals surface area contributed by atoms with Crippen molar-refractivity contribution in [3.63, 3.8) is 0 Å². The lowest BCUT2D eigenvalue weighted by molar-refractivity contribution is -0.121. The molecule has 27 heavy (non-hydrogen) atoms. The molecule has 0 aliphatic heterocycles. The van der Waals surface area contributed by atoms with E-state index in [-0.39, 0.29) is 5.91 Å². The average molecular weight is 367 g/mol. The number of fused-ring (bicyclic) bond motifs is 1. The minimum absolute atomic E-state index is 0.0270. The lowest BCUT2D eigenvalue weighted by atomic mass is 10.1. The van der Waals surface area contributed by atoms with Gasteiger partial charge >= 0.3 is 0 Å². The Morgan fingerprint density at radius 3 is 2.81 bits per heavy atom. The average Bonchev–Trinajstić information content (AvgIpc) is 3.10. The number of nitrogens with zero attached hydrogens (tertiary/aromatic N) is 4. The van der Waals surface area contributed by atoms with Gasteiger partial charge in [0.25, 0.3) is 5.78 Å². The van der Waals surface area contributed by atoms with Crippen LogP contribution in [0.4, 0.5) is 0 Å². The molecule has 0 aliphatic rings. The van der Waals surface area contributed by atoms with Gasteiger partial charge in [0.15, 0.2) is 0 Å². The summed E-state index contributed by atoms with van der Waals surface area (Å²) in [6, 6.07) is 6.08. The highest BCUT2D eigenvalue weighted by Gasteiger charge is 2.12. The number of amides is 1. The summed E-state index contributed by atoms with van der Waals surface area (Å²) >= 11 is 0. The van der Waals surface area contributed by atoms with Crippen LogP contribution < -0.4 is 10.1 Å². The summed E-state index contributed by atoms with van der Waals surface area (Å²) < 4.78 is 7.10. The third-order valence-electron chi connectivity index (χ3n) is 4.74. The molecule has 0 fully saturated rings. The summed E-state index contributed by atoms with van der Waals surface area (Å²) in [6.45, 7) is 6.55. The lowest BCUT2D eigenvalue weighted by Crippen LogP contribution is -2.26. The molecular formula is C20H25N5O2. The van der Waals surface area contributed by atoms with Crippen LogP contribution in [-0.4, -0.2) is 39.1 Å². The molecule has 0 aliphatic carbocycles. The van der Waals surface area contributed by atoms with Gasteiger partial charge in [-0.1, -0.05) is 17.7 Å². The van der Waals surface area contributed by atoms with E-state index in [1.807, 2.05) is 32.9 Å². The van der Waals surface area contributed by atoms with E-state index in [0.29, 0.717) is 25.2 Å². The largest absolute Gasteiger partial charge is 0.496 e. The molecule has 0 saturated carbocycles. The number of aromatic nitrogens is 4. The van der Waals surface area contributed by atoms with Crippen LogP contribution in [0.25, 0.3) is 5.78 Å². The molecule has 1 aromatic carbocycles. The smallest absolute Gasteiger partial charge is 0.252 e. The minimum Gasteiger partial charge on any atom is -0.496 e. The van der Waals surface area contributed by atoms with Crippen LogP contribution in [0.1, 0.15) is 34.5 Å². The van der Waals surface area contributed by atoms with Crippen LogP contribution >= 0.6 is 0 Å². The second-order valence-corrected chi connectivity index (χ2v) is 6.65. The topological polar surface area (TPSA) is 81.4 Å². The summed E-state index contributed by atoms with van der Waals surface area (Å²) in [5.74, 6) is 1.47. The fourth-order valence-electron chi connectivity index (χ4n) is 3.28. The molecule has 3 aromatic rings. The summed E-state index contributed by atoms with van der Waals surface area (Å²) in [4.78, 5) is 20.8. The molecule has 0 atom stereocenters. The highest BCUT2D eigenvalue weighted by molar-refractivity contribution is 5.76. The Morgan fingerprint density at radius 1 is 1.22 bits per heavy atom. The molecule has 0 unspecified atom stereocenters. The van der Waals surface area contributed by atoms with Crippen LogP contribution in [0.2, 0.25) is 0 Å². The van der Waals surface area contributed by atoms with Crippen LogP contribution in [0.3, 0.4) is 0 Å². The zero-order valence-electron chi connectivity index (χ0n) is 16.2. The molecule has 1 N–H and O–H groups in total. The Balaban J connectivity index is 1.56. The Kier molecular flexibility index (Phi) is 5.69. The lowest BCUT2D eigenvalue weighted by Gasteiger charge is -2.12. The predicted molar refractivity (Wildman–Crippen MR) is 103 cm³/mol. The number of methoxy groups -OCH3 is 1. The predicted octanol–water partition coefficient (Wildman–Crippen LogP) is 2.35. The first-order valence-electron chi connectivity index (χ1n) is 9.05. The van der Waals surface area contributed by atoms with E-state index in [0.717, 1.165) is 34.7 Å². The van der Waals surface area contributed by atoms with E-state index < -0.39 is 0 Å². The number of rotatable bonds is 7. The quantitative estimate of drug-likeness (QED) is 0.693. The van der Waals surface area contributed by atoms with E-state index in [1.54, 1.807) is 11.6 Å². The molecule has 0 spiro atoms. The first-order chi connectivity index (χ1) is 13.0. The Labute approximate surface area is 158 Å². The maximum absolute atomic E-state index is 12.3. The van der Waals surface area contributed by atoms with E-state index in [4.69, 9.17) is 4.74 Å². The molecule has 7 heteroatoms. The summed E-state index contributed by atoms with van der Waals surface area (Å²) in [5.41, 5.74) is 5.20. The fraction of sp³-hybridized carbons (Fsp3) is 0.400. The fourth-order valence-corrected chi connectivity index (χ4v) is 3.28. The van der Waals surface area contributed by atoms with Crippen molar-refractivity contribution in [1.82, 2.24) is 24.9 Å². The molecule has 2 aromatic heterocycles. The maximum atomic E-state index is 12.3. The van der Waals surface area contributed by atoms with Gasteiger partial charge < -0.3 is 10.1 Å². The number of hydrogen-bond donors (Lipinski definition) is 1. The van der Waals surface area contributed by atoms with Crippen molar-refractivity contribution in [3.05, 3.63) is 52.6 Å². The highest BCUT2D eigenvalue weighted by Crippen LogP contribution is 2.20. The second-order valence-electron chi connectivity index (χ2n) is 6.65. The van der Waals surface area contributed by atoms with E-state index in [2.05, 4.69) is 26.4 Å². The van der Waals surface area contributed by atoms with Crippen molar-refractivity contribution in [2.45, 2.75) is 40.0 Å². The maximum Gasteiger partial charge on any atom is 0.252 e. The summed E-state index contributed by atoms with van der Waals surface area (Å²) in [6.07, 6.45) is 3.26. The van der Waals surface area contributed by atoms with Crippen molar-refractivity contribution in [1.29, 1.82) is 0 Å².